The number of carbonyl (C=O) groups is 1. The molecule has 0 atom stereocenters. The van der Waals surface area contributed by atoms with Gasteiger partial charge in [-0.05, 0) is 63.9 Å². The Labute approximate surface area is 186 Å². The van der Waals surface area contributed by atoms with Crippen LogP contribution in [0, 0.1) is 0 Å². The minimum atomic E-state index is -0.0923. The van der Waals surface area contributed by atoms with Crippen LogP contribution in [-0.2, 0) is 17.4 Å². The molecule has 3 nitrogen and oxygen atoms in total. The monoisotopic (exact) mass is 414 g/mol. The van der Waals surface area contributed by atoms with Gasteiger partial charge in [-0.2, -0.15) is 0 Å². The first-order chi connectivity index (χ1) is 14.5. The molecule has 3 heteroatoms. The highest BCUT2D eigenvalue weighted by atomic mass is 16.1. The summed E-state index contributed by atoms with van der Waals surface area (Å²) in [6, 6.07) is 24.4. The van der Waals surface area contributed by atoms with Gasteiger partial charge in [-0.1, -0.05) is 77.9 Å². The van der Waals surface area contributed by atoms with Crippen LogP contribution in [0.25, 0.3) is 0 Å². The summed E-state index contributed by atoms with van der Waals surface area (Å²) in [6.07, 6.45) is 0. The summed E-state index contributed by atoms with van der Waals surface area (Å²) in [7, 11) is 0. The maximum atomic E-state index is 12.5. The molecule has 2 N–H and O–H groups in total. The molecule has 3 aromatic rings. The average Bonchev–Trinajstić information content (AvgIpc) is 2.72. The first-order valence-electron chi connectivity index (χ1n) is 10.9. The van der Waals surface area contributed by atoms with Gasteiger partial charge in [0.2, 0.25) is 0 Å². The van der Waals surface area contributed by atoms with Crippen molar-refractivity contribution in [2.75, 3.05) is 10.6 Å². The molecule has 0 aliphatic rings. The Morgan fingerprint density at radius 2 is 1.10 bits per heavy atom. The lowest BCUT2D eigenvalue weighted by Crippen LogP contribution is -2.14. The zero-order valence-corrected chi connectivity index (χ0v) is 19.5. The van der Waals surface area contributed by atoms with Crippen molar-refractivity contribution in [3.8, 4) is 0 Å². The Kier molecular flexibility index (Phi) is 6.54. The van der Waals surface area contributed by atoms with Crippen LogP contribution in [0.5, 0.6) is 0 Å². The SMILES string of the molecule is CC(C)(C)c1ccc(NCc2ccc(NC(=O)c3ccc(C(C)(C)C)cc3)cc2)cc1. The number of carbonyl (C=O) groups excluding carboxylic acids is 1. The van der Waals surface area contributed by atoms with Gasteiger partial charge in [0, 0.05) is 23.5 Å². The Hall–Kier alpha value is -3.07. The van der Waals surface area contributed by atoms with Gasteiger partial charge in [-0.3, -0.25) is 4.79 Å². The van der Waals surface area contributed by atoms with E-state index in [9.17, 15) is 4.79 Å². The number of rotatable bonds is 5. The molecular formula is C28H34N2O. The van der Waals surface area contributed by atoms with E-state index < -0.39 is 0 Å². The van der Waals surface area contributed by atoms with Gasteiger partial charge in [0.25, 0.3) is 5.91 Å². The van der Waals surface area contributed by atoms with E-state index in [1.54, 1.807) is 0 Å². The van der Waals surface area contributed by atoms with Crippen LogP contribution >= 0.6 is 0 Å². The molecule has 0 bridgehead atoms. The van der Waals surface area contributed by atoms with Crippen molar-refractivity contribution in [1.29, 1.82) is 0 Å². The molecule has 0 saturated carbocycles. The van der Waals surface area contributed by atoms with Crippen molar-refractivity contribution in [3.63, 3.8) is 0 Å². The van der Waals surface area contributed by atoms with Crippen LogP contribution in [0.2, 0.25) is 0 Å². The summed E-state index contributed by atoms with van der Waals surface area (Å²) in [5.41, 5.74) is 6.50. The topological polar surface area (TPSA) is 41.1 Å². The van der Waals surface area contributed by atoms with Crippen LogP contribution < -0.4 is 10.6 Å². The molecule has 0 aliphatic carbocycles. The molecule has 0 saturated heterocycles. The van der Waals surface area contributed by atoms with Crippen LogP contribution in [-0.4, -0.2) is 5.91 Å². The van der Waals surface area contributed by atoms with E-state index in [1.165, 1.54) is 11.1 Å². The van der Waals surface area contributed by atoms with Crippen molar-refractivity contribution in [2.45, 2.75) is 58.9 Å². The Bertz CT molecular complexity index is 1000. The van der Waals surface area contributed by atoms with Crippen molar-refractivity contribution < 1.29 is 4.79 Å². The van der Waals surface area contributed by atoms with Gasteiger partial charge >= 0.3 is 0 Å². The second-order valence-corrected chi connectivity index (χ2v) is 10.2. The number of anilines is 2. The lowest BCUT2D eigenvalue weighted by molar-refractivity contribution is 0.102. The van der Waals surface area contributed by atoms with Crippen molar-refractivity contribution >= 4 is 17.3 Å². The van der Waals surface area contributed by atoms with Gasteiger partial charge in [-0.15, -0.1) is 0 Å². The number of nitrogens with one attached hydrogen (secondary N) is 2. The minimum Gasteiger partial charge on any atom is -0.381 e. The third kappa shape index (κ3) is 6.21. The highest BCUT2D eigenvalue weighted by Gasteiger charge is 2.15. The van der Waals surface area contributed by atoms with Gasteiger partial charge < -0.3 is 10.6 Å². The number of hydrogen-bond acceptors (Lipinski definition) is 2. The largest absolute Gasteiger partial charge is 0.381 e. The zero-order valence-electron chi connectivity index (χ0n) is 19.5. The summed E-state index contributed by atoms with van der Waals surface area (Å²) in [6.45, 7) is 13.9. The van der Waals surface area contributed by atoms with Gasteiger partial charge in [0.1, 0.15) is 0 Å². The molecule has 3 aromatic carbocycles. The van der Waals surface area contributed by atoms with Crippen LogP contribution in [0.3, 0.4) is 0 Å². The number of hydrogen-bond donors (Lipinski definition) is 2. The molecule has 0 radical (unpaired) electrons. The average molecular weight is 415 g/mol. The summed E-state index contributed by atoms with van der Waals surface area (Å²) < 4.78 is 0. The van der Waals surface area contributed by atoms with Crippen molar-refractivity contribution in [2.24, 2.45) is 0 Å². The molecule has 31 heavy (non-hydrogen) atoms. The molecular weight excluding hydrogens is 380 g/mol. The molecule has 1 amide bonds. The standard InChI is InChI=1S/C28H34N2O/c1-27(2,3)22-11-9-21(10-12-22)26(31)30-25-15-7-20(8-16-25)19-29-24-17-13-23(14-18-24)28(4,5)6/h7-18,29H,19H2,1-6H3,(H,30,31). The second kappa shape index (κ2) is 8.97. The Morgan fingerprint density at radius 1 is 0.645 bits per heavy atom. The normalized spacial score (nSPS) is 11.8. The first-order valence-corrected chi connectivity index (χ1v) is 10.9. The first kappa shape index (κ1) is 22.6. The predicted molar refractivity (Wildman–Crippen MR) is 132 cm³/mol. The summed E-state index contributed by atoms with van der Waals surface area (Å²) in [4.78, 5) is 12.5. The lowest BCUT2D eigenvalue weighted by Gasteiger charge is -2.19. The molecule has 0 fully saturated rings. The second-order valence-electron chi connectivity index (χ2n) is 10.2. The summed E-state index contributed by atoms with van der Waals surface area (Å²) >= 11 is 0. The fourth-order valence-corrected chi connectivity index (χ4v) is 3.32. The predicted octanol–water partition coefficient (Wildman–Crippen LogP) is 7.15. The quantitative estimate of drug-likeness (QED) is 0.465. The third-order valence-corrected chi connectivity index (χ3v) is 5.47. The molecule has 0 unspecified atom stereocenters. The Morgan fingerprint density at radius 3 is 1.58 bits per heavy atom. The van der Waals surface area contributed by atoms with Gasteiger partial charge in [0.05, 0.1) is 0 Å². The van der Waals surface area contributed by atoms with E-state index in [2.05, 4.69) is 76.4 Å². The number of amides is 1. The molecule has 0 spiro atoms. The molecule has 0 heterocycles. The van der Waals surface area contributed by atoms with E-state index in [4.69, 9.17) is 0 Å². The fourth-order valence-electron chi connectivity index (χ4n) is 3.32. The molecule has 3 rings (SSSR count). The minimum absolute atomic E-state index is 0.0769. The van der Waals surface area contributed by atoms with Crippen molar-refractivity contribution in [3.05, 3.63) is 95.1 Å². The van der Waals surface area contributed by atoms with Crippen LogP contribution in [0.4, 0.5) is 11.4 Å². The number of benzene rings is 3. The maximum Gasteiger partial charge on any atom is 0.255 e. The van der Waals surface area contributed by atoms with E-state index in [0.717, 1.165) is 23.5 Å². The zero-order chi connectivity index (χ0) is 22.6. The van der Waals surface area contributed by atoms with E-state index in [0.29, 0.717) is 5.56 Å². The molecule has 0 aliphatic heterocycles. The smallest absolute Gasteiger partial charge is 0.255 e. The Balaban J connectivity index is 1.55. The molecule has 162 valence electrons. The summed E-state index contributed by atoms with van der Waals surface area (Å²) in [5.74, 6) is -0.0923. The third-order valence-electron chi connectivity index (χ3n) is 5.47. The molecule has 0 aromatic heterocycles. The van der Waals surface area contributed by atoms with Gasteiger partial charge in [0.15, 0.2) is 0 Å². The van der Waals surface area contributed by atoms with Crippen molar-refractivity contribution in [1.82, 2.24) is 0 Å². The fraction of sp³-hybridized carbons (Fsp3) is 0.321. The lowest BCUT2D eigenvalue weighted by atomic mass is 9.87. The summed E-state index contributed by atoms with van der Waals surface area (Å²) in [5, 5.41) is 6.43. The van der Waals surface area contributed by atoms with Crippen LogP contribution in [0.1, 0.15) is 68.6 Å². The highest BCUT2D eigenvalue weighted by Crippen LogP contribution is 2.24. The van der Waals surface area contributed by atoms with E-state index in [-0.39, 0.29) is 16.7 Å². The maximum absolute atomic E-state index is 12.5. The van der Waals surface area contributed by atoms with E-state index in [1.807, 2.05) is 48.5 Å². The highest BCUT2D eigenvalue weighted by molar-refractivity contribution is 6.04. The van der Waals surface area contributed by atoms with Crippen LogP contribution in [0.15, 0.2) is 72.8 Å². The van der Waals surface area contributed by atoms with Gasteiger partial charge in [-0.25, -0.2) is 0 Å². The van der Waals surface area contributed by atoms with E-state index >= 15 is 0 Å².